The molecular weight excluding hydrogens is 403 g/mol. The Bertz CT molecular complexity index is 960. The van der Waals surface area contributed by atoms with E-state index < -0.39 is 5.54 Å². The maximum Gasteiger partial charge on any atom is 0.255 e. The molecule has 1 saturated heterocycles. The van der Waals surface area contributed by atoms with Gasteiger partial charge in [-0.25, -0.2) is 4.39 Å². The van der Waals surface area contributed by atoms with Gasteiger partial charge >= 0.3 is 0 Å². The molecule has 0 aliphatic carbocycles. The Labute approximate surface area is 179 Å². The lowest BCUT2D eigenvalue weighted by atomic mass is 9.89. The summed E-state index contributed by atoms with van der Waals surface area (Å²) in [6, 6.07) is 12.1. The van der Waals surface area contributed by atoms with Crippen molar-refractivity contribution in [1.29, 1.82) is 0 Å². The zero-order chi connectivity index (χ0) is 21.1. The molecule has 2 aliphatic rings. The number of hydrogen-bond donors (Lipinski definition) is 2. The van der Waals surface area contributed by atoms with Crippen LogP contribution in [0.1, 0.15) is 29.3 Å². The molecule has 2 aliphatic heterocycles. The summed E-state index contributed by atoms with van der Waals surface area (Å²) >= 11 is 1.47. The number of nitrogens with zero attached hydrogens (tertiary/aromatic N) is 2. The first-order valence-corrected chi connectivity index (χ1v) is 11.0. The highest BCUT2D eigenvalue weighted by molar-refractivity contribution is 8.13. The second-order valence-corrected chi connectivity index (χ2v) is 8.73. The van der Waals surface area contributed by atoms with Crippen molar-refractivity contribution < 1.29 is 13.9 Å². The molecule has 1 unspecified atom stereocenters. The smallest absolute Gasteiger partial charge is 0.255 e. The molecule has 0 bridgehead atoms. The average molecular weight is 429 g/mol. The van der Waals surface area contributed by atoms with E-state index in [2.05, 4.69) is 15.2 Å². The lowest BCUT2D eigenvalue weighted by molar-refractivity contribution is 0.102. The highest BCUT2D eigenvalue weighted by Gasteiger charge is 2.32. The predicted molar refractivity (Wildman–Crippen MR) is 120 cm³/mol. The van der Waals surface area contributed by atoms with Crippen LogP contribution in [-0.4, -0.2) is 43.1 Å². The van der Waals surface area contributed by atoms with Crippen LogP contribution >= 0.6 is 11.8 Å². The van der Waals surface area contributed by atoms with Gasteiger partial charge in [-0.3, -0.25) is 9.79 Å². The lowest BCUT2D eigenvalue weighted by Gasteiger charge is -2.30. The van der Waals surface area contributed by atoms with Gasteiger partial charge in [0.15, 0.2) is 5.17 Å². The molecule has 3 N–H and O–H groups in total. The third kappa shape index (κ3) is 4.44. The molecule has 158 valence electrons. The van der Waals surface area contributed by atoms with E-state index >= 15 is 0 Å². The molecule has 1 fully saturated rings. The van der Waals surface area contributed by atoms with Gasteiger partial charge in [-0.05, 0) is 55.8 Å². The van der Waals surface area contributed by atoms with Crippen molar-refractivity contribution in [2.45, 2.75) is 18.9 Å². The van der Waals surface area contributed by atoms with Crippen molar-refractivity contribution in [1.82, 2.24) is 0 Å². The summed E-state index contributed by atoms with van der Waals surface area (Å²) in [5, 5.41) is 3.32. The van der Waals surface area contributed by atoms with Gasteiger partial charge in [-0.2, -0.15) is 0 Å². The zero-order valence-corrected chi connectivity index (χ0v) is 17.7. The summed E-state index contributed by atoms with van der Waals surface area (Å²) in [5.74, 6) is 0.180. The molecule has 30 heavy (non-hydrogen) atoms. The highest BCUT2D eigenvalue weighted by atomic mass is 32.2. The molecule has 0 radical (unpaired) electrons. The standard InChI is InChI=1S/C22H25FN4O2S/c1-22(8-13-30-21(24)26-22)18-14-16(4-7-19(18)23)25-20(28)15-2-5-17(6-3-15)27-9-11-29-12-10-27/h2-7,14H,8-13H2,1H3,(H2,24,26)(H,25,28). The highest BCUT2D eigenvalue weighted by Crippen LogP contribution is 2.37. The van der Waals surface area contributed by atoms with Gasteiger partial charge in [0.05, 0.1) is 18.8 Å². The van der Waals surface area contributed by atoms with E-state index in [9.17, 15) is 9.18 Å². The molecule has 4 rings (SSSR count). The number of rotatable bonds is 4. The molecule has 0 saturated carbocycles. The average Bonchev–Trinajstić information content (AvgIpc) is 2.75. The maximum atomic E-state index is 14.6. The van der Waals surface area contributed by atoms with Gasteiger partial charge < -0.3 is 20.7 Å². The molecule has 8 heteroatoms. The summed E-state index contributed by atoms with van der Waals surface area (Å²) in [6.07, 6.45) is 0.676. The summed E-state index contributed by atoms with van der Waals surface area (Å²) < 4.78 is 19.9. The zero-order valence-electron chi connectivity index (χ0n) is 16.9. The third-order valence-corrected chi connectivity index (χ3v) is 6.30. The fraction of sp³-hybridized carbons (Fsp3) is 0.364. The van der Waals surface area contributed by atoms with Crippen LogP contribution < -0.4 is 16.0 Å². The van der Waals surface area contributed by atoms with Crippen molar-refractivity contribution in [3.05, 3.63) is 59.4 Å². The molecule has 2 heterocycles. The number of morpholine rings is 1. The molecular formula is C22H25FN4O2S. The van der Waals surface area contributed by atoms with Crippen molar-refractivity contribution in [2.24, 2.45) is 10.7 Å². The Morgan fingerprint density at radius 2 is 1.97 bits per heavy atom. The molecule has 0 aromatic heterocycles. The number of hydrogen-bond acceptors (Lipinski definition) is 6. The number of thioether (sulfide) groups is 1. The van der Waals surface area contributed by atoms with Crippen LogP contribution in [-0.2, 0) is 10.3 Å². The Morgan fingerprint density at radius 3 is 2.67 bits per heavy atom. The molecule has 6 nitrogen and oxygen atoms in total. The second kappa shape index (κ2) is 8.65. The number of carbonyl (C=O) groups is 1. The number of halogens is 1. The Kier molecular flexibility index (Phi) is 5.97. The van der Waals surface area contributed by atoms with Crippen molar-refractivity contribution in [3.8, 4) is 0 Å². The number of ether oxygens (including phenoxy) is 1. The number of benzene rings is 2. The molecule has 2 aromatic rings. The first kappa shape index (κ1) is 20.7. The topological polar surface area (TPSA) is 80.0 Å². The number of carbonyl (C=O) groups excluding carboxylic acids is 1. The van der Waals surface area contributed by atoms with E-state index in [0.717, 1.165) is 24.5 Å². The van der Waals surface area contributed by atoms with Gasteiger partial charge in [0.1, 0.15) is 5.82 Å². The van der Waals surface area contributed by atoms with Crippen LogP contribution in [0.4, 0.5) is 15.8 Å². The van der Waals surface area contributed by atoms with Gasteiger partial charge in [0.25, 0.3) is 5.91 Å². The summed E-state index contributed by atoms with van der Waals surface area (Å²) in [6.45, 7) is 4.97. The van der Waals surface area contributed by atoms with E-state index in [-0.39, 0.29) is 11.7 Å². The van der Waals surface area contributed by atoms with Gasteiger partial charge in [0.2, 0.25) is 0 Å². The van der Waals surface area contributed by atoms with Crippen LogP contribution in [0.15, 0.2) is 47.5 Å². The number of amidine groups is 1. The van der Waals surface area contributed by atoms with Crippen molar-refractivity contribution >= 4 is 34.2 Å². The number of aliphatic imine (C=N–C) groups is 1. The minimum atomic E-state index is -0.736. The summed E-state index contributed by atoms with van der Waals surface area (Å²) in [7, 11) is 0. The summed E-state index contributed by atoms with van der Waals surface area (Å²) in [5.41, 5.74) is 7.71. The Morgan fingerprint density at radius 1 is 1.23 bits per heavy atom. The van der Waals surface area contributed by atoms with Gasteiger partial charge in [-0.15, -0.1) is 0 Å². The second-order valence-electron chi connectivity index (χ2n) is 7.62. The normalized spacial score (nSPS) is 21.8. The van der Waals surface area contributed by atoms with E-state index in [1.165, 1.54) is 17.8 Å². The van der Waals surface area contributed by atoms with Crippen molar-refractivity contribution in [2.75, 3.05) is 42.3 Å². The fourth-order valence-corrected chi connectivity index (χ4v) is 4.72. The largest absolute Gasteiger partial charge is 0.379 e. The van der Waals surface area contributed by atoms with Crippen LogP contribution in [0.25, 0.3) is 0 Å². The monoisotopic (exact) mass is 428 g/mol. The van der Waals surface area contributed by atoms with Crippen LogP contribution in [0.3, 0.4) is 0 Å². The number of amides is 1. The number of nitrogens with one attached hydrogen (secondary N) is 1. The molecule has 1 amide bonds. The Hall–Kier alpha value is -2.58. The molecule has 2 aromatic carbocycles. The number of nitrogens with two attached hydrogens (primary N) is 1. The van der Waals surface area contributed by atoms with E-state index in [4.69, 9.17) is 10.5 Å². The van der Waals surface area contributed by atoms with Crippen LogP contribution in [0.5, 0.6) is 0 Å². The van der Waals surface area contributed by atoms with Crippen LogP contribution in [0.2, 0.25) is 0 Å². The Balaban J connectivity index is 1.50. The summed E-state index contributed by atoms with van der Waals surface area (Å²) in [4.78, 5) is 19.4. The van der Waals surface area contributed by atoms with E-state index in [0.29, 0.717) is 41.6 Å². The minimum absolute atomic E-state index is 0.242. The fourth-order valence-electron chi connectivity index (χ4n) is 3.74. The van der Waals surface area contributed by atoms with Crippen molar-refractivity contribution in [3.63, 3.8) is 0 Å². The van der Waals surface area contributed by atoms with E-state index in [1.807, 2.05) is 19.1 Å². The lowest BCUT2D eigenvalue weighted by Crippen LogP contribution is -2.36. The maximum absolute atomic E-state index is 14.6. The minimum Gasteiger partial charge on any atom is -0.379 e. The van der Waals surface area contributed by atoms with E-state index in [1.54, 1.807) is 24.3 Å². The predicted octanol–water partition coefficient (Wildman–Crippen LogP) is 3.58. The number of anilines is 2. The first-order chi connectivity index (χ1) is 14.4. The first-order valence-electron chi connectivity index (χ1n) is 9.97. The van der Waals surface area contributed by atoms with Gasteiger partial charge in [0, 0.05) is 41.3 Å². The van der Waals surface area contributed by atoms with Gasteiger partial charge in [-0.1, -0.05) is 11.8 Å². The van der Waals surface area contributed by atoms with Crippen LogP contribution in [0, 0.1) is 5.82 Å². The molecule has 1 atom stereocenters. The third-order valence-electron chi connectivity index (χ3n) is 5.51. The quantitative estimate of drug-likeness (QED) is 0.778. The SMILES string of the molecule is CC1(c2cc(NC(=O)c3ccc(N4CCOCC4)cc3)ccc2F)CCSC(N)=N1. The molecule has 0 spiro atoms.